The smallest absolute Gasteiger partial charge is 0.263 e. The van der Waals surface area contributed by atoms with Crippen LogP contribution in [-0.4, -0.2) is 23.9 Å². The Balaban J connectivity index is 1.79. The van der Waals surface area contributed by atoms with Crippen molar-refractivity contribution in [2.75, 3.05) is 0 Å². The minimum Gasteiger partial charge on any atom is -0.306 e. The second-order valence-electron chi connectivity index (χ2n) is 5.40. The van der Waals surface area contributed by atoms with E-state index in [1.54, 1.807) is 23.3 Å². The first-order chi connectivity index (χ1) is 11.1. The molecule has 0 radical (unpaired) electrons. The molecule has 0 N–H and O–H groups in total. The molecule has 0 unspecified atom stereocenters. The fourth-order valence-corrected chi connectivity index (χ4v) is 3.00. The molecule has 4 rings (SSSR count). The van der Waals surface area contributed by atoms with Crippen molar-refractivity contribution in [2.45, 2.75) is 13.5 Å². The predicted octanol–water partition coefficient (Wildman–Crippen LogP) is 2.56. The van der Waals surface area contributed by atoms with Crippen molar-refractivity contribution >= 4 is 32.5 Å². The first-order valence-electron chi connectivity index (χ1n) is 7.05. The van der Waals surface area contributed by atoms with Crippen molar-refractivity contribution in [3.63, 3.8) is 0 Å². The van der Waals surface area contributed by atoms with E-state index in [0.29, 0.717) is 21.9 Å². The predicted molar refractivity (Wildman–Crippen MR) is 90.5 cm³/mol. The number of aromatic nitrogens is 5. The summed E-state index contributed by atoms with van der Waals surface area (Å²) in [5, 5.41) is 0.487. The maximum absolute atomic E-state index is 12.6. The molecule has 0 fully saturated rings. The third-order valence-electron chi connectivity index (χ3n) is 3.67. The van der Waals surface area contributed by atoms with Crippen LogP contribution in [0.5, 0.6) is 0 Å². The van der Waals surface area contributed by atoms with Crippen LogP contribution >= 0.6 is 15.9 Å². The van der Waals surface area contributed by atoms with Gasteiger partial charge in [0, 0.05) is 24.8 Å². The standard InChI is InChI=1S/C16H12BrN5O/c1-10-2-3-14-20-11(7-21(14)6-10)8-22-9-19-15-12(16(22)23)4-18-5-13(15)17/h2-7,9H,8H2,1H3. The van der Waals surface area contributed by atoms with Crippen molar-refractivity contribution in [2.24, 2.45) is 0 Å². The summed E-state index contributed by atoms with van der Waals surface area (Å²) >= 11 is 3.36. The van der Waals surface area contributed by atoms with Gasteiger partial charge in [-0.15, -0.1) is 0 Å². The molecule has 0 saturated heterocycles. The topological polar surface area (TPSA) is 65.1 Å². The summed E-state index contributed by atoms with van der Waals surface area (Å²) in [6.07, 6.45) is 8.65. The van der Waals surface area contributed by atoms with Gasteiger partial charge >= 0.3 is 0 Å². The number of pyridine rings is 2. The molecule has 0 saturated carbocycles. The van der Waals surface area contributed by atoms with E-state index in [-0.39, 0.29) is 5.56 Å². The SMILES string of the molecule is Cc1ccc2nc(Cn3cnc4c(Br)cncc4c3=O)cn2c1. The molecule has 0 atom stereocenters. The lowest BCUT2D eigenvalue weighted by molar-refractivity contribution is 0.733. The highest BCUT2D eigenvalue weighted by molar-refractivity contribution is 9.10. The summed E-state index contributed by atoms with van der Waals surface area (Å²) in [5.41, 5.74) is 3.31. The number of hydrogen-bond acceptors (Lipinski definition) is 4. The Morgan fingerprint density at radius 1 is 1.22 bits per heavy atom. The van der Waals surface area contributed by atoms with Gasteiger partial charge in [-0.05, 0) is 34.5 Å². The van der Waals surface area contributed by atoms with Crippen molar-refractivity contribution < 1.29 is 0 Å². The van der Waals surface area contributed by atoms with Crippen LogP contribution in [0.15, 0.2) is 52.5 Å². The van der Waals surface area contributed by atoms with Crippen LogP contribution in [0.2, 0.25) is 0 Å². The van der Waals surface area contributed by atoms with Crippen molar-refractivity contribution in [1.29, 1.82) is 0 Å². The Bertz CT molecular complexity index is 1100. The van der Waals surface area contributed by atoms with E-state index in [1.165, 1.54) is 0 Å². The van der Waals surface area contributed by atoms with Gasteiger partial charge in [0.1, 0.15) is 5.65 Å². The second-order valence-corrected chi connectivity index (χ2v) is 6.25. The van der Waals surface area contributed by atoms with E-state index >= 15 is 0 Å². The van der Waals surface area contributed by atoms with Gasteiger partial charge in [0.15, 0.2) is 0 Å². The highest BCUT2D eigenvalue weighted by atomic mass is 79.9. The molecule has 4 aromatic rings. The quantitative estimate of drug-likeness (QED) is 0.544. The van der Waals surface area contributed by atoms with Crippen LogP contribution in [0, 0.1) is 6.92 Å². The first-order valence-corrected chi connectivity index (χ1v) is 7.84. The Labute approximate surface area is 139 Å². The highest BCUT2D eigenvalue weighted by Gasteiger charge is 2.09. The van der Waals surface area contributed by atoms with Crippen LogP contribution in [0.4, 0.5) is 0 Å². The zero-order valence-corrected chi connectivity index (χ0v) is 13.9. The van der Waals surface area contributed by atoms with Gasteiger partial charge in [0.2, 0.25) is 0 Å². The maximum Gasteiger partial charge on any atom is 0.263 e. The van der Waals surface area contributed by atoms with Gasteiger partial charge < -0.3 is 4.40 Å². The van der Waals surface area contributed by atoms with Crippen LogP contribution < -0.4 is 5.56 Å². The molecule has 0 aliphatic heterocycles. The Hall–Kier alpha value is -2.54. The van der Waals surface area contributed by atoms with Crippen molar-refractivity contribution in [3.8, 4) is 0 Å². The minimum absolute atomic E-state index is 0.128. The molecule has 114 valence electrons. The zero-order chi connectivity index (χ0) is 16.0. The number of halogens is 1. The maximum atomic E-state index is 12.6. The molecule has 6 nitrogen and oxygen atoms in total. The van der Waals surface area contributed by atoms with E-state index in [4.69, 9.17) is 0 Å². The summed E-state index contributed by atoms with van der Waals surface area (Å²) in [4.78, 5) is 25.5. The molecule has 0 aliphatic rings. The number of rotatable bonds is 2. The van der Waals surface area contributed by atoms with Gasteiger partial charge in [-0.25, -0.2) is 9.97 Å². The lowest BCUT2D eigenvalue weighted by Gasteiger charge is -2.05. The molecule has 4 aromatic heterocycles. The minimum atomic E-state index is -0.128. The summed E-state index contributed by atoms with van der Waals surface area (Å²) < 4.78 is 4.22. The number of hydrogen-bond donors (Lipinski definition) is 0. The Morgan fingerprint density at radius 3 is 2.96 bits per heavy atom. The van der Waals surface area contributed by atoms with Crippen molar-refractivity contribution in [3.05, 3.63) is 69.3 Å². The number of imidazole rings is 1. The van der Waals surface area contributed by atoms with Crippen LogP contribution in [0.25, 0.3) is 16.6 Å². The average Bonchev–Trinajstić information content (AvgIpc) is 2.92. The van der Waals surface area contributed by atoms with Crippen LogP contribution in [0.3, 0.4) is 0 Å². The average molecular weight is 370 g/mol. The molecule has 0 aliphatic carbocycles. The van der Waals surface area contributed by atoms with Crippen LogP contribution in [-0.2, 0) is 6.54 Å². The summed E-state index contributed by atoms with van der Waals surface area (Å²) in [5.74, 6) is 0. The van der Waals surface area contributed by atoms with Crippen LogP contribution in [0.1, 0.15) is 11.3 Å². The fourth-order valence-electron chi connectivity index (χ4n) is 2.57. The zero-order valence-electron chi connectivity index (χ0n) is 12.3. The lowest BCUT2D eigenvalue weighted by atomic mass is 10.3. The molecule has 0 spiro atoms. The normalized spacial score (nSPS) is 11.4. The van der Waals surface area contributed by atoms with E-state index in [0.717, 1.165) is 16.9 Å². The molecule has 0 bridgehead atoms. The van der Waals surface area contributed by atoms with E-state index in [2.05, 4.69) is 30.9 Å². The molecule has 23 heavy (non-hydrogen) atoms. The van der Waals surface area contributed by atoms with Gasteiger partial charge in [-0.2, -0.15) is 0 Å². The summed E-state index contributed by atoms with van der Waals surface area (Å²) in [6, 6.07) is 3.97. The first kappa shape index (κ1) is 14.1. The molecule has 0 aromatic carbocycles. The number of fused-ring (bicyclic) bond motifs is 2. The lowest BCUT2D eigenvalue weighted by Crippen LogP contribution is -2.21. The highest BCUT2D eigenvalue weighted by Crippen LogP contribution is 2.17. The summed E-state index contributed by atoms with van der Waals surface area (Å²) in [7, 11) is 0. The summed E-state index contributed by atoms with van der Waals surface area (Å²) in [6.45, 7) is 2.40. The van der Waals surface area contributed by atoms with E-state index in [1.807, 2.05) is 35.9 Å². The molecule has 4 heterocycles. The molecule has 7 heteroatoms. The third kappa shape index (κ3) is 2.43. The van der Waals surface area contributed by atoms with Gasteiger partial charge in [0.25, 0.3) is 5.56 Å². The largest absolute Gasteiger partial charge is 0.306 e. The van der Waals surface area contributed by atoms with Gasteiger partial charge in [0.05, 0.1) is 33.9 Å². The van der Waals surface area contributed by atoms with Gasteiger partial charge in [-0.1, -0.05) is 6.07 Å². The van der Waals surface area contributed by atoms with E-state index < -0.39 is 0 Å². The number of aryl methyl sites for hydroxylation is 1. The number of nitrogens with zero attached hydrogens (tertiary/aromatic N) is 5. The molecule has 0 amide bonds. The fraction of sp³-hybridized carbons (Fsp3) is 0.125. The molecular weight excluding hydrogens is 358 g/mol. The molecular formula is C16H12BrN5O. The second kappa shape index (κ2) is 5.27. The van der Waals surface area contributed by atoms with E-state index in [9.17, 15) is 4.79 Å². The van der Waals surface area contributed by atoms with Gasteiger partial charge in [-0.3, -0.25) is 14.3 Å². The third-order valence-corrected chi connectivity index (χ3v) is 4.25. The van der Waals surface area contributed by atoms with Crippen molar-refractivity contribution in [1.82, 2.24) is 23.9 Å². The Kier molecular flexibility index (Phi) is 3.23. The Morgan fingerprint density at radius 2 is 2.09 bits per heavy atom. The monoisotopic (exact) mass is 369 g/mol.